The van der Waals surface area contributed by atoms with Crippen molar-refractivity contribution in [3.05, 3.63) is 35.4 Å². The van der Waals surface area contributed by atoms with Crippen molar-refractivity contribution in [3.8, 4) is 0 Å². The highest BCUT2D eigenvalue weighted by molar-refractivity contribution is 6.17. The number of rotatable bonds is 5. The fourth-order valence-electron chi connectivity index (χ4n) is 1.44. The lowest BCUT2D eigenvalue weighted by Gasteiger charge is -2.11. The molecule has 0 aliphatic carbocycles. The number of benzene rings is 1. The maximum atomic E-state index is 12.9. The van der Waals surface area contributed by atoms with Crippen LogP contribution in [0.1, 0.15) is 24.3 Å². The van der Waals surface area contributed by atoms with Crippen LogP contribution in [-0.2, 0) is 4.79 Å². The molecule has 2 nitrogen and oxygen atoms in total. The maximum Gasteiger partial charge on any atom is 0.310 e. The Hall–Kier alpha value is -1.16. The predicted octanol–water partition coefficient (Wildman–Crippen LogP) is 3.15. The van der Waals surface area contributed by atoms with Gasteiger partial charge in [-0.3, -0.25) is 4.79 Å². The second kappa shape index (κ2) is 5.80. The average Bonchev–Trinajstić information content (AvgIpc) is 2.23. The summed E-state index contributed by atoms with van der Waals surface area (Å²) in [4.78, 5) is 10.9. The first kappa shape index (κ1) is 12.9. The van der Waals surface area contributed by atoms with Crippen molar-refractivity contribution >= 4 is 17.6 Å². The third-order valence-electron chi connectivity index (χ3n) is 2.27. The first-order valence-corrected chi connectivity index (χ1v) is 5.33. The number of alkyl halides is 1. The molecule has 88 valence electrons. The zero-order chi connectivity index (χ0) is 12.1. The largest absolute Gasteiger partial charge is 0.481 e. The van der Waals surface area contributed by atoms with Crippen molar-refractivity contribution < 1.29 is 18.7 Å². The monoisotopic (exact) mass is 248 g/mol. The molecule has 1 atom stereocenters. The van der Waals surface area contributed by atoms with E-state index in [0.29, 0.717) is 18.7 Å². The first-order valence-electron chi connectivity index (χ1n) is 4.80. The van der Waals surface area contributed by atoms with Crippen LogP contribution < -0.4 is 0 Å². The van der Waals surface area contributed by atoms with E-state index in [9.17, 15) is 13.6 Å². The molecule has 0 aromatic heterocycles. The Labute approximate surface area is 96.8 Å². The number of carboxylic acids is 1. The van der Waals surface area contributed by atoms with Gasteiger partial charge in [-0.25, -0.2) is 8.78 Å². The SMILES string of the molecule is O=C(O)C(CCCCl)c1ccc(F)c(F)c1. The molecule has 0 saturated heterocycles. The van der Waals surface area contributed by atoms with Gasteiger partial charge in [0, 0.05) is 5.88 Å². The number of hydrogen-bond acceptors (Lipinski definition) is 1. The summed E-state index contributed by atoms with van der Waals surface area (Å²) < 4.78 is 25.6. The maximum absolute atomic E-state index is 12.9. The van der Waals surface area contributed by atoms with Crippen LogP contribution >= 0.6 is 11.6 Å². The zero-order valence-electron chi connectivity index (χ0n) is 8.42. The standard InChI is InChI=1S/C11H11ClF2O2/c12-5-1-2-8(11(15)16)7-3-4-9(13)10(14)6-7/h3-4,6,8H,1-2,5H2,(H,15,16). The van der Waals surface area contributed by atoms with Gasteiger partial charge >= 0.3 is 5.97 Å². The van der Waals surface area contributed by atoms with E-state index in [4.69, 9.17) is 16.7 Å². The summed E-state index contributed by atoms with van der Waals surface area (Å²) in [5.74, 6) is -3.57. The number of hydrogen-bond donors (Lipinski definition) is 1. The summed E-state index contributed by atoms with van der Waals surface area (Å²) in [7, 11) is 0. The van der Waals surface area contributed by atoms with Crippen LogP contribution in [0.15, 0.2) is 18.2 Å². The molecule has 0 spiro atoms. The summed E-state index contributed by atoms with van der Waals surface area (Å²) in [6.07, 6.45) is 0.821. The van der Waals surface area contributed by atoms with Crippen LogP contribution in [-0.4, -0.2) is 17.0 Å². The van der Waals surface area contributed by atoms with Crippen molar-refractivity contribution in [2.45, 2.75) is 18.8 Å². The Kier molecular flexibility index (Phi) is 4.68. The molecule has 16 heavy (non-hydrogen) atoms. The van der Waals surface area contributed by atoms with E-state index in [2.05, 4.69) is 0 Å². The van der Waals surface area contributed by atoms with Crippen molar-refractivity contribution in [2.75, 3.05) is 5.88 Å². The van der Waals surface area contributed by atoms with Gasteiger partial charge in [0.1, 0.15) is 0 Å². The Morgan fingerprint density at radius 3 is 2.56 bits per heavy atom. The first-order chi connectivity index (χ1) is 7.56. The van der Waals surface area contributed by atoms with Gasteiger partial charge in [-0.2, -0.15) is 0 Å². The second-order valence-electron chi connectivity index (χ2n) is 3.40. The molecule has 0 aliphatic heterocycles. The summed E-state index contributed by atoms with van der Waals surface area (Å²) in [5.41, 5.74) is 0.261. The molecule has 0 aliphatic rings. The van der Waals surface area contributed by atoms with Crippen molar-refractivity contribution in [1.29, 1.82) is 0 Å². The Morgan fingerprint density at radius 2 is 2.06 bits per heavy atom. The highest BCUT2D eigenvalue weighted by atomic mass is 35.5. The fraction of sp³-hybridized carbons (Fsp3) is 0.364. The highest BCUT2D eigenvalue weighted by Gasteiger charge is 2.20. The van der Waals surface area contributed by atoms with Gasteiger partial charge in [-0.15, -0.1) is 11.6 Å². The number of halogens is 3. The quantitative estimate of drug-likeness (QED) is 0.813. The third kappa shape index (κ3) is 3.17. The molecule has 0 saturated carbocycles. The summed E-state index contributed by atoms with van der Waals surface area (Å²) in [5, 5.41) is 8.95. The van der Waals surface area contributed by atoms with E-state index in [1.807, 2.05) is 0 Å². The average molecular weight is 249 g/mol. The van der Waals surface area contributed by atoms with Gasteiger partial charge in [-0.1, -0.05) is 6.07 Å². The Bertz CT molecular complexity index is 382. The lowest BCUT2D eigenvalue weighted by Crippen LogP contribution is -2.12. The summed E-state index contributed by atoms with van der Waals surface area (Å²) in [6.45, 7) is 0. The van der Waals surface area contributed by atoms with Crippen LogP contribution in [0.5, 0.6) is 0 Å². The third-order valence-corrected chi connectivity index (χ3v) is 2.54. The smallest absolute Gasteiger partial charge is 0.310 e. The van der Waals surface area contributed by atoms with Crippen LogP contribution in [0.4, 0.5) is 8.78 Å². The van der Waals surface area contributed by atoms with Gasteiger partial charge in [0.25, 0.3) is 0 Å². The van der Waals surface area contributed by atoms with E-state index in [1.54, 1.807) is 0 Å². The van der Waals surface area contributed by atoms with Crippen molar-refractivity contribution in [3.63, 3.8) is 0 Å². The number of carboxylic acid groups (broad SMARTS) is 1. The molecule has 1 N–H and O–H groups in total. The highest BCUT2D eigenvalue weighted by Crippen LogP contribution is 2.23. The Morgan fingerprint density at radius 1 is 1.38 bits per heavy atom. The van der Waals surface area contributed by atoms with Crippen LogP contribution in [0.25, 0.3) is 0 Å². The molecule has 1 rings (SSSR count). The van der Waals surface area contributed by atoms with E-state index in [1.165, 1.54) is 6.07 Å². The molecule has 5 heteroatoms. The van der Waals surface area contributed by atoms with Gasteiger partial charge < -0.3 is 5.11 Å². The second-order valence-corrected chi connectivity index (χ2v) is 3.77. The molecular weight excluding hydrogens is 238 g/mol. The van der Waals surface area contributed by atoms with Gasteiger partial charge in [0.2, 0.25) is 0 Å². The molecule has 0 heterocycles. The van der Waals surface area contributed by atoms with Crippen molar-refractivity contribution in [2.24, 2.45) is 0 Å². The number of aliphatic carboxylic acids is 1. The van der Waals surface area contributed by atoms with Crippen molar-refractivity contribution in [1.82, 2.24) is 0 Å². The lowest BCUT2D eigenvalue weighted by atomic mass is 9.94. The normalized spacial score (nSPS) is 12.4. The van der Waals surface area contributed by atoms with E-state index < -0.39 is 23.5 Å². The van der Waals surface area contributed by atoms with Gasteiger partial charge in [0.05, 0.1) is 5.92 Å². The van der Waals surface area contributed by atoms with Crippen LogP contribution in [0, 0.1) is 11.6 Å². The molecule has 1 aromatic carbocycles. The fourth-order valence-corrected chi connectivity index (χ4v) is 1.60. The van der Waals surface area contributed by atoms with E-state index in [-0.39, 0.29) is 5.56 Å². The molecule has 0 radical (unpaired) electrons. The molecule has 0 fully saturated rings. The summed E-state index contributed by atoms with van der Waals surface area (Å²) in [6, 6.07) is 3.13. The zero-order valence-corrected chi connectivity index (χ0v) is 9.18. The minimum Gasteiger partial charge on any atom is -0.481 e. The summed E-state index contributed by atoms with van der Waals surface area (Å²) >= 11 is 5.47. The minimum atomic E-state index is -1.06. The molecular formula is C11H11ClF2O2. The van der Waals surface area contributed by atoms with Gasteiger partial charge in [-0.05, 0) is 30.5 Å². The molecule has 0 bridgehead atoms. The van der Waals surface area contributed by atoms with Crippen LogP contribution in [0.2, 0.25) is 0 Å². The number of carbonyl (C=O) groups is 1. The van der Waals surface area contributed by atoms with E-state index in [0.717, 1.165) is 12.1 Å². The predicted molar refractivity (Wildman–Crippen MR) is 56.7 cm³/mol. The topological polar surface area (TPSA) is 37.3 Å². The van der Waals surface area contributed by atoms with Crippen LogP contribution in [0.3, 0.4) is 0 Å². The Balaban J connectivity index is 2.92. The molecule has 0 amide bonds. The minimum absolute atomic E-state index is 0.261. The lowest BCUT2D eigenvalue weighted by molar-refractivity contribution is -0.139. The molecule has 1 aromatic rings. The van der Waals surface area contributed by atoms with Gasteiger partial charge in [0.15, 0.2) is 11.6 Å². The molecule has 1 unspecified atom stereocenters. The van der Waals surface area contributed by atoms with E-state index >= 15 is 0 Å².